The fourth-order valence-corrected chi connectivity index (χ4v) is 5.34. The maximum absolute atomic E-state index is 12.4. The molecule has 44 heavy (non-hydrogen) atoms. The first-order chi connectivity index (χ1) is 21.0. The van der Waals surface area contributed by atoms with Crippen LogP contribution in [0.3, 0.4) is 0 Å². The molecule has 2 aliphatic rings. The minimum Gasteiger partial charge on any atom is -0.368 e. The Morgan fingerprint density at radius 2 is 1.18 bits per heavy atom. The fraction of sp³-hybridized carbons (Fsp3) is 0.615. The molecule has 4 aromatic heterocycles. The molecule has 2 fully saturated rings. The number of fused-ring (bicyclic) bond motifs is 2. The van der Waals surface area contributed by atoms with E-state index in [1.807, 2.05) is 36.8 Å². The van der Waals surface area contributed by atoms with E-state index in [0.717, 1.165) is 25.7 Å². The molecule has 6 rings (SSSR count). The molecule has 6 N–H and O–H groups in total. The first kappa shape index (κ1) is 30.4. The van der Waals surface area contributed by atoms with E-state index in [0.29, 0.717) is 47.1 Å². The highest BCUT2D eigenvalue weighted by Crippen LogP contribution is 2.44. The van der Waals surface area contributed by atoms with E-state index in [-0.39, 0.29) is 37.6 Å². The maximum Gasteiger partial charge on any atom is 0.323 e. The first-order valence-corrected chi connectivity index (χ1v) is 15.8. The van der Waals surface area contributed by atoms with Gasteiger partial charge in [-0.1, -0.05) is 0 Å². The largest absolute Gasteiger partial charge is 0.368 e. The van der Waals surface area contributed by atoms with E-state index < -0.39 is 19.5 Å². The molecule has 4 aromatic rings. The van der Waals surface area contributed by atoms with Gasteiger partial charge in [-0.2, -0.15) is 19.9 Å². The van der Waals surface area contributed by atoms with Crippen molar-refractivity contribution in [2.24, 2.45) is 0 Å². The monoisotopic (exact) mass is 630 g/mol. The van der Waals surface area contributed by atoms with Crippen LogP contribution in [0.1, 0.15) is 53.4 Å². The van der Waals surface area contributed by atoms with Crippen molar-refractivity contribution in [3.05, 3.63) is 12.7 Å². The summed E-state index contributed by atoms with van der Waals surface area (Å²) < 4.78 is 38.9. The molecular formula is C26H39N12O5P. The molecule has 0 bridgehead atoms. The normalized spacial score (nSPS) is 16.9. The number of aromatic nitrogens is 8. The van der Waals surface area contributed by atoms with E-state index in [4.69, 9.17) is 30.0 Å². The first-order valence-electron chi connectivity index (χ1n) is 14.6. The standard InChI is InChI=1S/C26H39N12O5P/c1-15(2)31-19-17-21(35-23(27)33-19)37(11-29-17)9-25(5-6-25)40-13-42-44(39)43-14-41-26(7-8-26)10-38-12-30-18-20(32-16(3)4)34-24(28)36-22(18)38/h11-12,15-16,44H,5-10,13-14H2,1-4H3,(H3,27,31,33,35)(H3,28,32,34,36). The van der Waals surface area contributed by atoms with Crippen molar-refractivity contribution < 1.29 is 23.1 Å². The summed E-state index contributed by atoms with van der Waals surface area (Å²) in [5, 5.41) is 6.51. The lowest BCUT2D eigenvalue weighted by Gasteiger charge is -2.19. The molecule has 0 unspecified atom stereocenters. The molecule has 0 spiro atoms. The average molecular weight is 631 g/mol. The summed E-state index contributed by atoms with van der Waals surface area (Å²) in [6.07, 6.45) is 6.65. The van der Waals surface area contributed by atoms with Crippen LogP contribution in [0.5, 0.6) is 0 Å². The van der Waals surface area contributed by atoms with Crippen molar-refractivity contribution in [3.63, 3.8) is 0 Å². The fourth-order valence-electron chi connectivity index (χ4n) is 4.94. The topological polar surface area (TPSA) is 217 Å². The zero-order valence-electron chi connectivity index (χ0n) is 25.2. The van der Waals surface area contributed by atoms with Gasteiger partial charge in [0.05, 0.1) is 36.9 Å². The molecule has 17 nitrogen and oxygen atoms in total. The second kappa shape index (κ2) is 12.0. The molecule has 0 aliphatic heterocycles. The number of nitrogens with two attached hydrogens (primary N) is 2. The Morgan fingerprint density at radius 3 is 1.55 bits per heavy atom. The quantitative estimate of drug-likeness (QED) is 0.103. The van der Waals surface area contributed by atoms with E-state index in [9.17, 15) is 4.57 Å². The van der Waals surface area contributed by atoms with Gasteiger partial charge in [0, 0.05) is 12.1 Å². The van der Waals surface area contributed by atoms with E-state index in [1.54, 1.807) is 12.7 Å². The molecular weight excluding hydrogens is 591 g/mol. The number of nitrogens with one attached hydrogen (secondary N) is 2. The van der Waals surface area contributed by atoms with Crippen LogP contribution in [0.2, 0.25) is 0 Å². The predicted octanol–water partition coefficient (Wildman–Crippen LogP) is 2.91. The van der Waals surface area contributed by atoms with Crippen molar-refractivity contribution in [2.45, 2.75) is 89.8 Å². The Hall–Kier alpha value is -3.63. The van der Waals surface area contributed by atoms with Gasteiger partial charge < -0.3 is 40.7 Å². The molecule has 4 heterocycles. The lowest BCUT2D eigenvalue weighted by Crippen LogP contribution is -2.23. The highest BCUT2D eigenvalue weighted by atomic mass is 31.1. The number of anilines is 4. The minimum atomic E-state index is -2.84. The number of ether oxygens (including phenoxy) is 2. The molecule has 0 radical (unpaired) electrons. The van der Waals surface area contributed by atoms with Gasteiger partial charge in [-0.05, 0) is 53.4 Å². The summed E-state index contributed by atoms with van der Waals surface area (Å²) >= 11 is 0. The van der Waals surface area contributed by atoms with Crippen molar-refractivity contribution in [3.8, 4) is 0 Å². The molecule has 238 valence electrons. The zero-order valence-corrected chi connectivity index (χ0v) is 26.2. The summed E-state index contributed by atoms with van der Waals surface area (Å²) in [6.45, 7) is 8.67. The summed E-state index contributed by atoms with van der Waals surface area (Å²) in [4.78, 5) is 26.3. The van der Waals surface area contributed by atoms with Gasteiger partial charge in [-0.15, -0.1) is 0 Å². The van der Waals surface area contributed by atoms with Gasteiger partial charge >= 0.3 is 8.25 Å². The molecule has 2 saturated carbocycles. The van der Waals surface area contributed by atoms with Crippen LogP contribution in [0, 0.1) is 0 Å². The van der Waals surface area contributed by atoms with Crippen LogP contribution in [0.25, 0.3) is 22.3 Å². The summed E-state index contributed by atoms with van der Waals surface area (Å²) in [7, 11) is -2.84. The summed E-state index contributed by atoms with van der Waals surface area (Å²) in [5.41, 5.74) is 13.5. The van der Waals surface area contributed by atoms with Crippen LogP contribution in [-0.4, -0.2) is 75.9 Å². The van der Waals surface area contributed by atoms with Gasteiger partial charge in [0.15, 0.2) is 47.5 Å². The number of hydrogen-bond acceptors (Lipinski definition) is 15. The van der Waals surface area contributed by atoms with Gasteiger partial charge in [0.2, 0.25) is 11.9 Å². The number of nitrogen functional groups attached to an aromatic ring is 2. The third-order valence-electron chi connectivity index (χ3n) is 7.43. The van der Waals surface area contributed by atoms with Gasteiger partial charge in [-0.25, -0.2) is 9.97 Å². The molecule has 0 saturated heterocycles. The highest BCUT2D eigenvalue weighted by Gasteiger charge is 2.46. The number of rotatable bonds is 16. The average Bonchev–Trinajstić information content (AvgIpc) is 3.80. The minimum absolute atomic E-state index is 0.158. The van der Waals surface area contributed by atoms with Gasteiger partial charge in [0.25, 0.3) is 0 Å². The lowest BCUT2D eigenvalue weighted by molar-refractivity contribution is -0.0808. The third kappa shape index (κ3) is 6.86. The number of imidazole rings is 2. The van der Waals surface area contributed by atoms with E-state index in [2.05, 4.69) is 40.5 Å². The Kier molecular flexibility index (Phi) is 8.32. The smallest absolute Gasteiger partial charge is 0.323 e. The second-order valence-corrected chi connectivity index (χ2v) is 13.1. The van der Waals surface area contributed by atoms with Crippen molar-refractivity contribution in [1.82, 2.24) is 39.0 Å². The zero-order chi connectivity index (χ0) is 31.1. The lowest BCUT2D eigenvalue weighted by atomic mass is 10.3. The Labute approximate surface area is 254 Å². The van der Waals surface area contributed by atoms with Crippen LogP contribution < -0.4 is 22.1 Å². The third-order valence-corrected chi connectivity index (χ3v) is 8.14. The molecule has 18 heteroatoms. The molecule has 0 amide bonds. The molecule has 0 atom stereocenters. The Balaban J connectivity index is 0.975. The van der Waals surface area contributed by atoms with Crippen LogP contribution in [0.4, 0.5) is 23.5 Å². The summed E-state index contributed by atoms with van der Waals surface area (Å²) in [5.74, 6) is 1.50. The summed E-state index contributed by atoms with van der Waals surface area (Å²) in [6, 6.07) is 0.317. The highest BCUT2D eigenvalue weighted by molar-refractivity contribution is 7.33. The SMILES string of the molecule is CC(C)Nc1nc(N)nc2c1ncn2CC1(OCO[PH](=O)OCOC2(Cn3cnc4c(NC(C)C)nc(N)nc43)CC2)CC1. The number of hydrogen-bond donors (Lipinski definition) is 4. The van der Waals surface area contributed by atoms with Gasteiger partial charge in [-0.3, -0.25) is 13.6 Å². The van der Waals surface area contributed by atoms with Crippen LogP contribution in [0.15, 0.2) is 12.7 Å². The molecule has 0 aromatic carbocycles. The van der Waals surface area contributed by atoms with Crippen molar-refractivity contribution in [2.75, 3.05) is 35.7 Å². The van der Waals surface area contributed by atoms with Crippen molar-refractivity contribution >= 4 is 54.1 Å². The second-order valence-electron chi connectivity index (χ2n) is 12.0. The van der Waals surface area contributed by atoms with E-state index in [1.165, 1.54) is 0 Å². The molecule has 2 aliphatic carbocycles. The van der Waals surface area contributed by atoms with Gasteiger partial charge in [0.1, 0.15) is 0 Å². The maximum atomic E-state index is 12.4. The van der Waals surface area contributed by atoms with Crippen LogP contribution in [-0.2, 0) is 36.2 Å². The number of nitrogens with zero attached hydrogens (tertiary/aromatic N) is 8. The Morgan fingerprint density at radius 1 is 0.773 bits per heavy atom. The van der Waals surface area contributed by atoms with Crippen LogP contribution >= 0.6 is 8.25 Å². The predicted molar refractivity (Wildman–Crippen MR) is 164 cm³/mol. The Bertz CT molecular complexity index is 1550. The van der Waals surface area contributed by atoms with E-state index >= 15 is 0 Å². The van der Waals surface area contributed by atoms with Crippen molar-refractivity contribution in [1.29, 1.82) is 0 Å².